The third kappa shape index (κ3) is 5.53. The minimum Gasteiger partial charge on any atom is -0.503 e. The lowest BCUT2D eigenvalue weighted by Crippen LogP contribution is -2.37. The Labute approximate surface area is 270 Å². The topological polar surface area (TPSA) is 74.2 Å². The van der Waals surface area contributed by atoms with Crippen LogP contribution in [0.4, 0.5) is 11.4 Å². The number of nitrogens with one attached hydrogen (secondary N) is 1. The van der Waals surface area contributed by atoms with Crippen molar-refractivity contribution in [3.63, 3.8) is 0 Å². The average Bonchev–Trinajstić information content (AvgIpc) is 3.38. The number of rotatable bonds is 6. The standard InChI is InChI=1S/C36H32BrN3O3S/c1-2-43-31-18-22(17-30(37)34(31)41)19-32-35(42)39-36(44-32)38-25-20-28-26(23-9-5-3-6-10-23)13-15-40-16-14-27(29(21-25)33(28)40)24-11-7-4-8-12-24/h3-12,17-21,26-27,41H,2,13-16H2,1H3,(H,38,39,42)/b32-19-/t26-,27-/m1/s1. The Balaban J connectivity index is 1.29. The summed E-state index contributed by atoms with van der Waals surface area (Å²) in [5.74, 6) is 0.765. The fourth-order valence-electron chi connectivity index (χ4n) is 6.60. The number of thioether (sulfide) groups is 1. The summed E-state index contributed by atoms with van der Waals surface area (Å²) < 4.78 is 6.07. The number of carbonyl (C=O) groups is 1. The summed E-state index contributed by atoms with van der Waals surface area (Å²) in [6.45, 7) is 4.35. The molecule has 3 heterocycles. The van der Waals surface area contributed by atoms with Crippen LogP contribution in [-0.4, -0.2) is 35.9 Å². The first-order valence-corrected chi connectivity index (χ1v) is 16.6. The van der Waals surface area contributed by atoms with E-state index in [9.17, 15) is 9.90 Å². The molecule has 44 heavy (non-hydrogen) atoms. The summed E-state index contributed by atoms with van der Waals surface area (Å²) in [7, 11) is 0. The van der Waals surface area contributed by atoms with Gasteiger partial charge in [0.15, 0.2) is 16.7 Å². The molecule has 1 fully saturated rings. The van der Waals surface area contributed by atoms with Gasteiger partial charge < -0.3 is 20.1 Å². The fourth-order valence-corrected chi connectivity index (χ4v) is 7.90. The van der Waals surface area contributed by atoms with Crippen LogP contribution in [0.3, 0.4) is 0 Å². The number of carbonyl (C=O) groups excluding carboxylic acids is 1. The van der Waals surface area contributed by atoms with E-state index < -0.39 is 0 Å². The zero-order valence-corrected chi connectivity index (χ0v) is 26.7. The van der Waals surface area contributed by atoms with Crippen LogP contribution in [0.15, 0.2) is 99.3 Å². The van der Waals surface area contributed by atoms with Crippen molar-refractivity contribution in [2.45, 2.75) is 31.6 Å². The Hall–Kier alpha value is -4.01. The van der Waals surface area contributed by atoms with E-state index in [1.54, 1.807) is 18.2 Å². The highest BCUT2D eigenvalue weighted by Crippen LogP contribution is 2.50. The number of amidine groups is 1. The lowest BCUT2D eigenvalue weighted by molar-refractivity contribution is -0.115. The molecule has 3 aliphatic rings. The zero-order valence-electron chi connectivity index (χ0n) is 24.3. The molecule has 0 aliphatic carbocycles. The highest BCUT2D eigenvalue weighted by Gasteiger charge is 2.35. The monoisotopic (exact) mass is 665 g/mol. The van der Waals surface area contributed by atoms with E-state index in [0.29, 0.717) is 26.9 Å². The third-order valence-corrected chi connectivity index (χ3v) is 10.0. The third-order valence-electron chi connectivity index (χ3n) is 8.53. The minimum absolute atomic E-state index is 0.0392. The maximum Gasteiger partial charge on any atom is 0.264 e. The van der Waals surface area contributed by atoms with Crippen molar-refractivity contribution in [3.8, 4) is 11.5 Å². The molecule has 2 N–H and O–H groups in total. The molecule has 2 atom stereocenters. The molecule has 8 heteroatoms. The zero-order chi connectivity index (χ0) is 30.2. The Morgan fingerprint density at radius 3 is 2.18 bits per heavy atom. The number of nitrogens with zero attached hydrogens (tertiary/aromatic N) is 2. The van der Waals surface area contributed by atoms with E-state index in [1.165, 1.54) is 39.7 Å². The van der Waals surface area contributed by atoms with Gasteiger partial charge in [0, 0.05) is 30.6 Å². The van der Waals surface area contributed by atoms with E-state index in [4.69, 9.17) is 9.73 Å². The second kappa shape index (κ2) is 12.2. The minimum atomic E-state index is -0.203. The van der Waals surface area contributed by atoms with Gasteiger partial charge in [-0.2, -0.15) is 0 Å². The number of phenols is 1. The average molecular weight is 667 g/mol. The van der Waals surface area contributed by atoms with Crippen LogP contribution in [0.5, 0.6) is 11.5 Å². The van der Waals surface area contributed by atoms with Crippen LogP contribution in [0, 0.1) is 0 Å². The lowest BCUT2D eigenvalue weighted by atomic mass is 9.76. The SMILES string of the molecule is CCOc1cc(/C=C2\SC(=Nc3cc4c5c(c3)[C@@H](c3ccccc3)CCN5CC[C@@H]4c3ccccc3)NC2=O)cc(Br)c1O. The van der Waals surface area contributed by atoms with Gasteiger partial charge in [-0.3, -0.25) is 4.79 Å². The summed E-state index contributed by atoms with van der Waals surface area (Å²) in [6, 6.07) is 29.5. The van der Waals surface area contributed by atoms with E-state index in [-0.39, 0.29) is 23.5 Å². The molecule has 0 aromatic heterocycles. The van der Waals surface area contributed by atoms with E-state index in [2.05, 4.69) is 98.9 Å². The smallest absolute Gasteiger partial charge is 0.264 e. The molecule has 3 aliphatic heterocycles. The molecule has 4 aromatic carbocycles. The van der Waals surface area contributed by atoms with Gasteiger partial charge in [-0.25, -0.2) is 4.99 Å². The largest absolute Gasteiger partial charge is 0.503 e. The number of aliphatic imine (C=N–C) groups is 1. The van der Waals surface area contributed by atoms with Crippen LogP contribution in [0.25, 0.3) is 6.08 Å². The molecule has 4 aromatic rings. The van der Waals surface area contributed by atoms with E-state index >= 15 is 0 Å². The Morgan fingerprint density at radius 2 is 1.59 bits per heavy atom. The van der Waals surface area contributed by atoms with Gasteiger partial charge in [0.25, 0.3) is 5.91 Å². The van der Waals surface area contributed by atoms with Crippen molar-refractivity contribution in [3.05, 3.63) is 122 Å². The summed E-state index contributed by atoms with van der Waals surface area (Å²) >= 11 is 4.71. The fraction of sp³-hybridized carbons (Fsp3) is 0.222. The molecule has 222 valence electrons. The molecule has 0 unspecified atom stereocenters. The maximum absolute atomic E-state index is 13.0. The molecular weight excluding hydrogens is 634 g/mol. The van der Waals surface area contributed by atoms with Crippen LogP contribution in [-0.2, 0) is 4.79 Å². The maximum atomic E-state index is 13.0. The first-order valence-electron chi connectivity index (χ1n) is 15.0. The van der Waals surface area contributed by atoms with Crippen LogP contribution in [0.2, 0.25) is 0 Å². The molecule has 0 saturated carbocycles. The summed E-state index contributed by atoms with van der Waals surface area (Å²) in [5.41, 5.74) is 8.19. The van der Waals surface area contributed by atoms with Gasteiger partial charge in [0.05, 0.1) is 21.7 Å². The molecule has 6 nitrogen and oxygen atoms in total. The summed E-state index contributed by atoms with van der Waals surface area (Å²) in [6.07, 6.45) is 3.90. The Morgan fingerprint density at radius 1 is 0.977 bits per heavy atom. The van der Waals surface area contributed by atoms with Crippen molar-refractivity contribution >= 4 is 56.2 Å². The molecule has 1 amide bonds. The number of phenolic OH excluding ortho intramolecular Hbond substituents is 1. The van der Waals surface area contributed by atoms with Gasteiger partial charge >= 0.3 is 0 Å². The first-order chi connectivity index (χ1) is 21.5. The van der Waals surface area contributed by atoms with Crippen molar-refractivity contribution in [1.29, 1.82) is 0 Å². The van der Waals surface area contributed by atoms with Gasteiger partial charge in [-0.15, -0.1) is 0 Å². The Kier molecular flexibility index (Phi) is 7.95. The normalized spacial score (nSPS) is 21.0. The van der Waals surface area contributed by atoms with Crippen LogP contribution in [0.1, 0.15) is 59.4 Å². The predicted octanol–water partition coefficient (Wildman–Crippen LogP) is 8.32. The predicted molar refractivity (Wildman–Crippen MR) is 182 cm³/mol. The number of halogens is 1. The lowest BCUT2D eigenvalue weighted by Gasteiger charge is -2.43. The number of hydrogen-bond donors (Lipinski definition) is 2. The number of amides is 1. The second-order valence-electron chi connectivity index (χ2n) is 11.2. The Bertz CT molecular complexity index is 1720. The molecule has 7 rings (SSSR count). The highest BCUT2D eigenvalue weighted by molar-refractivity contribution is 9.10. The number of aromatic hydroxyl groups is 1. The molecule has 0 spiro atoms. The van der Waals surface area contributed by atoms with E-state index in [0.717, 1.165) is 37.2 Å². The number of ether oxygens (including phenoxy) is 1. The number of anilines is 1. The summed E-state index contributed by atoms with van der Waals surface area (Å²) in [4.78, 5) is 21.1. The number of hydrogen-bond acceptors (Lipinski definition) is 6. The van der Waals surface area contributed by atoms with Crippen LogP contribution < -0.4 is 15.0 Å². The van der Waals surface area contributed by atoms with Gasteiger partial charge in [0.2, 0.25) is 0 Å². The molecule has 0 radical (unpaired) electrons. The second-order valence-corrected chi connectivity index (χ2v) is 13.1. The molecular formula is C36H32BrN3O3S. The molecule has 1 saturated heterocycles. The quantitative estimate of drug-likeness (QED) is 0.203. The number of benzene rings is 4. The van der Waals surface area contributed by atoms with Gasteiger partial charge in [-0.1, -0.05) is 60.7 Å². The van der Waals surface area contributed by atoms with E-state index in [1.807, 2.05) is 6.92 Å². The highest BCUT2D eigenvalue weighted by atomic mass is 79.9. The van der Waals surface area contributed by atoms with Gasteiger partial charge in [0.1, 0.15) is 0 Å². The first kappa shape index (κ1) is 28.7. The van der Waals surface area contributed by atoms with Gasteiger partial charge in [-0.05, 0) is 106 Å². The van der Waals surface area contributed by atoms with Crippen molar-refractivity contribution in [2.75, 3.05) is 24.6 Å². The van der Waals surface area contributed by atoms with Crippen molar-refractivity contribution in [2.24, 2.45) is 4.99 Å². The van der Waals surface area contributed by atoms with Crippen molar-refractivity contribution in [1.82, 2.24) is 5.32 Å². The van der Waals surface area contributed by atoms with Crippen molar-refractivity contribution < 1.29 is 14.6 Å². The van der Waals surface area contributed by atoms with Crippen LogP contribution >= 0.6 is 27.7 Å². The summed E-state index contributed by atoms with van der Waals surface area (Å²) in [5, 5.41) is 13.8. The molecule has 0 bridgehead atoms.